The topological polar surface area (TPSA) is 40.5 Å². The predicted molar refractivity (Wildman–Crippen MR) is 66.5 cm³/mol. The third-order valence-corrected chi connectivity index (χ3v) is 7.17. The molecule has 24 heteroatoms. The van der Waals surface area contributed by atoms with Crippen LogP contribution in [0, 0.1) is 10.8 Å². The summed E-state index contributed by atoms with van der Waals surface area (Å²) in [5.41, 5.74) is -36.6. The maximum atomic E-state index is 15.1. The molecule has 0 aliphatic heterocycles. The predicted octanol–water partition coefficient (Wildman–Crippen LogP) is 5.67. The highest BCUT2D eigenvalue weighted by atomic mass is 19.4. The van der Waals surface area contributed by atoms with Crippen LogP contribution in [0.1, 0.15) is 0 Å². The second kappa shape index (κ2) is 6.16. The smallest absolute Gasteiger partial charge is 0.354 e. The lowest BCUT2D eigenvalue weighted by Crippen LogP contribution is -3.10. The molecule has 4 fully saturated rings. The summed E-state index contributed by atoms with van der Waals surface area (Å²) in [6.07, 6.45) is -16.9. The van der Waals surface area contributed by atoms with Gasteiger partial charge < -0.3 is 10.2 Å². The van der Waals surface area contributed by atoms with E-state index in [9.17, 15) is 79.0 Å². The van der Waals surface area contributed by atoms with Gasteiger partial charge in [0, 0.05) is 0 Å². The van der Waals surface area contributed by atoms with Crippen LogP contribution >= 0.6 is 0 Å². The quantitative estimate of drug-likeness (QED) is 0.391. The van der Waals surface area contributed by atoms with Crippen molar-refractivity contribution in [3.63, 3.8) is 0 Å². The van der Waals surface area contributed by atoms with Gasteiger partial charge in [-0.05, 0) is 0 Å². The molecule has 4 aliphatic carbocycles. The summed E-state index contributed by atoms with van der Waals surface area (Å²) in [6, 6.07) is 0. The fourth-order valence-corrected chi connectivity index (χ4v) is 5.59. The molecule has 0 aromatic heterocycles. The van der Waals surface area contributed by atoms with Crippen LogP contribution in [0.3, 0.4) is 0 Å². The summed E-state index contributed by atoms with van der Waals surface area (Å²) in [4.78, 5) is 0. The molecule has 4 saturated carbocycles. The minimum atomic E-state index is -9.47. The summed E-state index contributed by atoms with van der Waals surface area (Å²) >= 11 is 0. The van der Waals surface area contributed by atoms with E-state index in [2.05, 4.69) is 0 Å². The molecule has 4 bridgehead atoms. The van der Waals surface area contributed by atoms with Crippen LogP contribution in [-0.2, 0) is 0 Å². The Morgan fingerprint density at radius 3 is 0.658 bits per heavy atom. The van der Waals surface area contributed by atoms with Crippen molar-refractivity contribution >= 4 is 0 Å². The first kappa shape index (κ1) is 30.9. The highest BCUT2D eigenvalue weighted by Crippen LogP contribution is 2.96. The molecule has 0 spiro atoms. The van der Waals surface area contributed by atoms with E-state index in [1.807, 2.05) is 0 Å². The summed E-state index contributed by atoms with van der Waals surface area (Å²) in [6.45, 7) is 0. The van der Waals surface area contributed by atoms with Gasteiger partial charge in [-0.2, -0.15) is 35.1 Å². The zero-order valence-electron chi connectivity index (χ0n) is 16.2. The molecular weight excluding hydrogens is 618 g/mol. The van der Waals surface area contributed by atoms with Crippen molar-refractivity contribution in [1.29, 1.82) is 0 Å². The van der Waals surface area contributed by atoms with Crippen LogP contribution in [0.2, 0.25) is 0 Å². The van der Waals surface area contributed by atoms with E-state index in [1.165, 1.54) is 0 Å². The lowest BCUT2D eigenvalue weighted by atomic mass is 9.30. The van der Waals surface area contributed by atoms with Crippen molar-refractivity contribution in [2.45, 2.75) is 70.9 Å². The van der Waals surface area contributed by atoms with Gasteiger partial charge in [-0.3, -0.25) is 0 Å². The van der Waals surface area contributed by atoms with E-state index in [1.54, 1.807) is 0 Å². The summed E-state index contributed by atoms with van der Waals surface area (Å²) < 4.78 is 314. The largest absolute Gasteiger partial charge is 0.449 e. The molecule has 0 radical (unpaired) electrons. The van der Waals surface area contributed by atoms with Gasteiger partial charge in [0.2, 0.25) is 10.8 Å². The summed E-state index contributed by atoms with van der Waals surface area (Å²) in [5, 5.41) is 17.5. The average Bonchev–Trinajstić information content (AvgIpc) is 2.60. The van der Waals surface area contributed by atoms with Crippen LogP contribution in [0.15, 0.2) is 0 Å². The molecule has 2 atom stereocenters. The molecule has 38 heavy (non-hydrogen) atoms. The van der Waals surface area contributed by atoms with Gasteiger partial charge in [-0.1, -0.05) is 0 Å². The Hall–Kier alpha value is -1.62. The first-order chi connectivity index (χ1) is 16.0. The molecule has 0 heterocycles. The Morgan fingerprint density at radius 1 is 0.316 bits per heavy atom. The Kier molecular flexibility index (Phi) is 5.01. The molecular formula is C14H2F22O2. The Bertz CT molecular complexity index is 949. The lowest BCUT2D eigenvalue weighted by Gasteiger charge is -2.78. The third-order valence-electron chi connectivity index (χ3n) is 7.17. The van der Waals surface area contributed by atoms with Crippen molar-refractivity contribution in [2.75, 3.05) is 0 Å². The Labute approximate surface area is 190 Å². The van der Waals surface area contributed by atoms with E-state index in [-0.39, 0.29) is 0 Å². The molecule has 0 aromatic carbocycles. The standard InChI is InChI=1S/C14H2F22O2/c15-3-6(19,20)1(11(29,37)13(31,32)33)5(17,18)2(8(3,23)24,12(30,38)14(34,35)36)9(25,26)4(16,7(1,21)22)10(3,27)28/h37-38H. The van der Waals surface area contributed by atoms with Gasteiger partial charge in [-0.25, -0.2) is 61.5 Å². The molecule has 2 nitrogen and oxygen atoms in total. The lowest BCUT2D eigenvalue weighted by molar-refractivity contribution is -0.667. The average molecular weight is 620 g/mol. The van der Waals surface area contributed by atoms with Gasteiger partial charge in [0.15, 0.2) is 0 Å². The van der Waals surface area contributed by atoms with E-state index < -0.39 is 81.8 Å². The molecule has 0 amide bonds. The normalized spacial score (nSPS) is 44.8. The highest BCUT2D eigenvalue weighted by molar-refractivity contribution is 5.54. The fourth-order valence-electron chi connectivity index (χ4n) is 5.59. The molecule has 4 rings (SSSR count). The van der Waals surface area contributed by atoms with E-state index >= 15 is 17.6 Å². The number of rotatable bonds is 2. The molecule has 4 aliphatic rings. The van der Waals surface area contributed by atoms with Crippen LogP contribution in [0.5, 0.6) is 0 Å². The molecule has 2 unspecified atom stereocenters. The van der Waals surface area contributed by atoms with Crippen molar-refractivity contribution in [1.82, 2.24) is 0 Å². The molecule has 0 aromatic rings. The number of hydrogen-bond donors (Lipinski definition) is 2. The van der Waals surface area contributed by atoms with Gasteiger partial charge in [-0.15, -0.1) is 0 Å². The van der Waals surface area contributed by atoms with Crippen LogP contribution in [-0.4, -0.2) is 81.1 Å². The van der Waals surface area contributed by atoms with Crippen molar-refractivity contribution in [3.05, 3.63) is 0 Å². The third kappa shape index (κ3) is 1.89. The zero-order chi connectivity index (χ0) is 31.0. The van der Waals surface area contributed by atoms with Crippen molar-refractivity contribution < 1.29 is 107 Å². The van der Waals surface area contributed by atoms with Gasteiger partial charge in [0.05, 0.1) is 0 Å². The van der Waals surface area contributed by atoms with Crippen LogP contribution in [0.25, 0.3) is 0 Å². The SMILES string of the molecule is OC(F)(C(F)(F)F)C12C(F)(F)C3(F)C(F)(F)C(F)(C1(F)F)C(F)(F)C(C(O)(F)C(F)(F)F)(C3(F)F)C2(F)F. The first-order valence-electron chi connectivity index (χ1n) is 8.60. The van der Waals surface area contributed by atoms with E-state index in [0.717, 1.165) is 0 Å². The van der Waals surface area contributed by atoms with Crippen LogP contribution in [0.4, 0.5) is 96.6 Å². The summed E-state index contributed by atoms with van der Waals surface area (Å²) in [7, 11) is 0. The van der Waals surface area contributed by atoms with Crippen molar-refractivity contribution in [3.8, 4) is 0 Å². The van der Waals surface area contributed by atoms with E-state index in [0.29, 0.717) is 0 Å². The molecule has 2 N–H and O–H groups in total. The monoisotopic (exact) mass is 620 g/mol. The van der Waals surface area contributed by atoms with Crippen LogP contribution < -0.4 is 0 Å². The highest BCUT2D eigenvalue weighted by Gasteiger charge is 3.27. The maximum absolute atomic E-state index is 15.1. The number of aliphatic hydroxyl groups is 2. The van der Waals surface area contributed by atoms with E-state index in [4.69, 9.17) is 10.2 Å². The second-order valence-electron chi connectivity index (χ2n) is 8.50. The number of alkyl halides is 22. The Morgan fingerprint density at radius 2 is 0.500 bits per heavy atom. The molecule has 0 saturated heterocycles. The second-order valence-corrected chi connectivity index (χ2v) is 8.50. The number of hydrogen-bond acceptors (Lipinski definition) is 2. The van der Waals surface area contributed by atoms with Gasteiger partial charge >= 0.3 is 65.0 Å². The minimum Gasteiger partial charge on any atom is -0.354 e. The molecule has 224 valence electrons. The first-order valence-corrected chi connectivity index (χ1v) is 8.60. The number of halogens is 22. The Balaban J connectivity index is 2.96. The minimum absolute atomic E-state index is 8.46. The fraction of sp³-hybridized carbons (Fsp3) is 1.00. The summed E-state index contributed by atoms with van der Waals surface area (Å²) in [5.74, 6) is -72.5. The zero-order valence-corrected chi connectivity index (χ0v) is 16.2. The maximum Gasteiger partial charge on any atom is 0.449 e. The van der Waals surface area contributed by atoms with Gasteiger partial charge in [0.1, 0.15) is 0 Å². The van der Waals surface area contributed by atoms with Gasteiger partial charge in [0.25, 0.3) is 5.92 Å². The van der Waals surface area contributed by atoms with Crippen molar-refractivity contribution in [2.24, 2.45) is 10.8 Å².